The summed E-state index contributed by atoms with van der Waals surface area (Å²) in [6.45, 7) is 12.4. The Balaban J connectivity index is 2.68. The molecule has 1 aromatic rings. The first kappa shape index (κ1) is 18.5. The van der Waals surface area contributed by atoms with E-state index in [9.17, 15) is 4.79 Å². The lowest BCUT2D eigenvalue weighted by atomic mass is 10.1. The molecule has 0 aromatic heterocycles. The molecule has 4 nitrogen and oxygen atoms in total. The minimum Gasteiger partial charge on any atom is -0.491 e. The van der Waals surface area contributed by atoms with Crippen molar-refractivity contribution < 1.29 is 14.3 Å². The monoisotopic (exact) mass is 307 g/mol. The summed E-state index contributed by atoms with van der Waals surface area (Å²) in [4.78, 5) is 12.2. The van der Waals surface area contributed by atoms with Crippen molar-refractivity contribution in [2.75, 3.05) is 6.61 Å². The lowest BCUT2D eigenvalue weighted by Gasteiger charge is -2.22. The Morgan fingerprint density at radius 2 is 1.73 bits per heavy atom. The maximum atomic E-state index is 12.2. The topological polar surface area (TPSA) is 47.6 Å². The van der Waals surface area contributed by atoms with Gasteiger partial charge >= 0.3 is 0 Å². The summed E-state index contributed by atoms with van der Waals surface area (Å²) in [6, 6.07) is 7.65. The molecule has 0 saturated heterocycles. The number of hydrogen-bond donors (Lipinski definition) is 1. The number of para-hydroxylation sites is 1. The molecule has 1 N–H and O–H groups in total. The van der Waals surface area contributed by atoms with Gasteiger partial charge in [0.05, 0.1) is 12.1 Å². The Morgan fingerprint density at radius 3 is 2.32 bits per heavy atom. The van der Waals surface area contributed by atoms with Gasteiger partial charge in [-0.25, -0.2) is 0 Å². The minimum absolute atomic E-state index is 0.0948. The normalized spacial score (nSPS) is 14.0. The summed E-state index contributed by atoms with van der Waals surface area (Å²) in [5, 5.41) is 2.99. The second-order valence-electron chi connectivity index (χ2n) is 6.30. The van der Waals surface area contributed by atoms with Gasteiger partial charge in [-0.05, 0) is 39.7 Å². The summed E-state index contributed by atoms with van der Waals surface area (Å²) in [5.41, 5.74) is 0.973. The zero-order valence-electron chi connectivity index (χ0n) is 14.6. The van der Waals surface area contributed by atoms with Crippen LogP contribution in [0.3, 0.4) is 0 Å². The van der Waals surface area contributed by atoms with E-state index in [1.807, 2.05) is 45.0 Å². The molecule has 1 aromatic carbocycles. The Kier molecular flexibility index (Phi) is 7.39. The number of amides is 1. The molecule has 1 amide bonds. The minimum atomic E-state index is -0.456. The van der Waals surface area contributed by atoms with Crippen LogP contribution in [0.1, 0.15) is 53.1 Å². The third kappa shape index (κ3) is 6.06. The third-order valence-corrected chi connectivity index (χ3v) is 3.16. The lowest BCUT2D eigenvalue weighted by Crippen LogP contribution is -2.36. The van der Waals surface area contributed by atoms with Crippen molar-refractivity contribution >= 4 is 5.91 Å². The van der Waals surface area contributed by atoms with Gasteiger partial charge < -0.3 is 14.8 Å². The smallest absolute Gasteiger partial charge is 0.249 e. The van der Waals surface area contributed by atoms with Crippen LogP contribution < -0.4 is 10.1 Å². The van der Waals surface area contributed by atoms with Crippen molar-refractivity contribution in [1.82, 2.24) is 5.32 Å². The highest BCUT2D eigenvalue weighted by Gasteiger charge is 2.19. The van der Waals surface area contributed by atoms with Gasteiger partial charge in [0, 0.05) is 12.2 Å². The lowest BCUT2D eigenvalue weighted by molar-refractivity contribution is -0.133. The van der Waals surface area contributed by atoms with E-state index in [1.165, 1.54) is 0 Å². The predicted octanol–water partition coefficient (Wildman–Crippen LogP) is 3.71. The predicted molar refractivity (Wildman–Crippen MR) is 89.0 cm³/mol. The highest BCUT2D eigenvalue weighted by molar-refractivity contribution is 5.80. The zero-order chi connectivity index (χ0) is 16.7. The molecule has 2 unspecified atom stereocenters. The van der Waals surface area contributed by atoms with Gasteiger partial charge in [-0.1, -0.05) is 32.0 Å². The number of ether oxygens (including phenoxy) is 2. The Bertz CT molecular complexity index is 471. The molecule has 0 radical (unpaired) electrons. The Labute approximate surface area is 134 Å². The van der Waals surface area contributed by atoms with Crippen LogP contribution in [0.4, 0.5) is 0 Å². The van der Waals surface area contributed by atoms with E-state index >= 15 is 0 Å². The standard InChI is InChI=1S/C18H29NO3/c1-12(2)11-21-15(6)18(20)19-14(5)16-9-7-8-10-17(16)22-13(3)4/h7-10,12-15H,11H2,1-6H3,(H,19,20). The van der Waals surface area contributed by atoms with Crippen molar-refractivity contribution in [2.45, 2.75) is 59.8 Å². The molecular formula is C18H29NO3. The average Bonchev–Trinajstić information content (AvgIpc) is 2.44. The van der Waals surface area contributed by atoms with Crippen molar-refractivity contribution in [3.63, 3.8) is 0 Å². The van der Waals surface area contributed by atoms with Crippen LogP contribution in [-0.4, -0.2) is 24.7 Å². The van der Waals surface area contributed by atoms with Crippen LogP contribution >= 0.6 is 0 Å². The number of benzene rings is 1. The van der Waals surface area contributed by atoms with Crippen LogP contribution in [0.2, 0.25) is 0 Å². The number of hydrogen-bond acceptors (Lipinski definition) is 3. The van der Waals surface area contributed by atoms with Gasteiger partial charge in [-0.2, -0.15) is 0 Å². The van der Waals surface area contributed by atoms with Gasteiger partial charge in [-0.3, -0.25) is 4.79 Å². The first-order chi connectivity index (χ1) is 10.3. The first-order valence-corrected chi connectivity index (χ1v) is 7.98. The molecule has 2 atom stereocenters. The summed E-state index contributed by atoms with van der Waals surface area (Å²) < 4.78 is 11.4. The number of rotatable bonds is 8. The van der Waals surface area contributed by atoms with Crippen molar-refractivity contribution in [3.8, 4) is 5.75 Å². The van der Waals surface area contributed by atoms with Gasteiger partial charge in [0.1, 0.15) is 11.9 Å². The number of nitrogens with one attached hydrogen (secondary N) is 1. The average molecular weight is 307 g/mol. The molecular weight excluding hydrogens is 278 g/mol. The van der Waals surface area contributed by atoms with E-state index in [4.69, 9.17) is 9.47 Å². The van der Waals surface area contributed by atoms with Crippen LogP contribution in [0, 0.1) is 5.92 Å². The summed E-state index contributed by atoms with van der Waals surface area (Å²) in [6.07, 6.45) is -0.361. The molecule has 0 bridgehead atoms. The number of carbonyl (C=O) groups is 1. The molecule has 0 spiro atoms. The Hall–Kier alpha value is -1.55. The second-order valence-corrected chi connectivity index (χ2v) is 6.30. The van der Waals surface area contributed by atoms with E-state index in [-0.39, 0.29) is 18.1 Å². The summed E-state index contributed by atoms with van der Waals surface area (Å²) >= 11 is 0. The van der Waals surface area contributed by atoms with Crippen molar-refractivity contribution in [2.24, 2.45) is 5.92 Å². The fraction of sp³-hybridized carbons (Fsp3) is 0.611. The molecule has 0 heterocycles. The second kappa shape index (κ2) is 8.79. The van der Waals surface area contributed by atoms with Gasteiger partial charge in [-0.15, -0.1) is 0 Å². The maximum Gasteiger partial charge on any atom is 0.249 e. The van der Waals surface area contributed by atoms with Crippen molar-refractivity contribution in [3.05, 3.63) is 29.8 Å². The van der Waals surface area contributed by atoms with E-state index in [0.29, 0.717) is 12.5 Å². The van der Waals surface area contributed by atoms with Crippen LogP contribution in [-0.2, 0) is 9.53 Å². The maximum absolute atomic E-state index is 12.2. The molecule has 1 rings (SSSR count). The molecule has 0 aliphatic carbocycles. The summed E-state index contributed by atoms with van der Waals surface area (Å²) in [5.74, 6) is 1.11. The first-order valence-electron chi connectivity index (χ1n) is 7.98. The van der Waals surface area contributed by atoms with E-state index in [2.05, 4.69) is 19.2 Å². The highest BCUT2D eigenvalue weighted by atomic mass is 16.5. The van der Waals surface area contributed by atoms with E-state index in [1.54, 1.807) is 6.92 Å². The van der Waals surface area contributed by atoms with E-state index < -0.39 is 6.10 Å². The molecule has 4 heteroatoms. The quantitative estimate of drug-likeness (QED) is 0.796. The fourth-order valence-corrected chi connectivity index (χ4v) is 2.02. The zero-order valence-corrected chi connectivity index (χ0v) is 14.6. The van der Waals surface area contributed by atoms with Crippen LogP contribution in [0.25, 0.3) is 0 Å². The van der Waals surface area contributed by atoms with Crippen molar-refractivity contribution in [1.29, 1.82) is 0 Å². The molecule has 22 heavy (non-hydrogen) atoms. The Morgan fingerprint density at radius 1 is 1.09 bits per heavy atom. The van der Waals surface area contributed by atoms with Gasteiger partial charge in [0.2, 0.25) is 5.91 Å². The molecule has 0 aliphatic rings. The van der Waals surface area contributed by atoms with Gasteiger partial charge in [0.25, 0.3) is 0 Å². The van der Waals surface area contributed by atoms with Crippen LogP contribution in [0.5, 0.6) is 5.75 Å². The highest BCUT2D eigenvalue weighted by Crippen LogP contribution is 2.25. The SMILES string of the molecule is CC(C)COC(C)C(=O)NC(C)c1ccccc1OC(C)C. The van der Waals surface area contributed by atoms with Gasteiger partial charge in [0.15, 0.2) is 0 Å². The molecule has 0 saturated carbocycles. The number of carbonyl (C=O) groups excluding carboxylic acids is 1. The third-order valence-electron chi connectivity index (χ3n) is 3.16. The van der Waals surface area contributed by atoms with Crippen LogP contribution in [0.15, 0.2) is 24.3 Å². The molecule has 0 fully saturated rings. The molecule has 0 aliphatic heterocycles. The summed E-state index contributed by atoms with van der Waals surface area (Å²) in [7, 11) is 0. The molecule has 124 valence electrons. The fourth-order valence-electron chi connectivity index (χ4n) is 2.02. The van der Waals surface area contributed by atoms with E-state index in [0.717, 1.165) is 11.3 Å². The largest absolute Gasteiger partial charge is 0.491 e.